The fraction of sp³-hybridized carbons (Fsp3) is 0.167. The Bertz CT molecular complexity index is 1010. The van der Waals surface area contributed by atoms with Crippen LogP contribution in [-0.4, -0.2) is 17.2 Å². The van der Waals surface area contributed by atoms with Gasteiger partial charge >= 0.3 is 0 Å². The SMILES string of the molecule is CC(C)c1ccc(/C=N\NC(=O)C2(O)c3ccccc3-c3ccccc32)cc1. The van der Waals surface area contributed by atoms with Crippen LogP contribution in [0.1, 0.15) is 42.0 Å². The average molecular weight is 370 g/mol. The normalized spacial score (nSPS) is 14.1. The summed E-state index contributed by atoms with van der Waals surface area (Å²) in [7, 11) is 0. The number of fused-ring (bicyclic) bond motifs is 3. The standard InChI is InChI=1S/C24H22N2O2/c1-16(2)18-13-11-17(12-14-18)15-25-26-23(27)24(28)21-9-5-3-7-19(21)20-8-4-6-10-22(20)24/h3-16,28H,1-2H3,(H,26,27)/b25-15-. The molecule has 2 N–H and O–H groups in total. The minimum Gasteiger partial charge on any atom is -0.372 e. The Kier molecular flexibility index (Phi) is 4.57. The van der Waals surface area contributed by atoms with Crippen LogP contribution in [0.2, 0.25) is 0 Å². The van der Waals surface area contributed by atoms with E-state index in [4.69, 9.17) is 0 Å². The van der Waals surface area contributed by atoms with Crippen LogP contribution in [0.3, 0.4) is 0 Å². The Labute approximate surface area is 164 Å². The molecule has 0 unspecified atom stereocenters. The predicted molar refractivity (Wildman–Crippen MR) is 111 cm³/mol. The second-order valence-electron chi connectivity index (χ2n) is 7.32. The van der Waals surface area contributed by atoms with Crippen LogP contribution in [0, 0.1) is 0 Å². The van der Waals surface area contributed by atoms with E-state index in [0.29, 0.717) is 17.0 Å². The maximum atomic E-state index is 13.0. The smallest absolute Gasteiger partial charge is 0.281 e. The summed E-state index contributed by atoms with van der Waals surface area (Å²) in [4.78, 5) is 13.0. The number of carbonyl (C=O) groups is 1. The van der Waals surface area contributed by atoms with Gasteiger partial charge in [-0.1, -0.05) is 86.6 Å². The number of hydrogen-bond acceptors (Lipinski definition) is 3. The summed E-state index contributed by atoms with van der Waals surface area (Å²) < 4.78 is 0. The molecule has 0 saturated carbocycles. The molecule has 0 fully saturated rings. The number of hydrogen-bond donors (Lipinski definition) is 2. The first-order chi connectivity index (χ1) is 13.5. The number of carbonyl (C=O) groups excluding carboxylic acids is 1. The molecule has 1 aliphatic rings. The van der Waals surface area contributed by atoms with E-state index in [0.717, 1.165) is 16.7 Å². The molecule has 28 heavy (non-hydrogen) atoms. The summed E-state index contributed by atoms with van der Waals surface area (Å²) in [5.74, 6) is -0.109. The number of nitrogens with zero attached hydrogens (tertiary/aromatic N) is 1. The first kappa shape index (κ1) is 18.1. The Balaban J connectivity index is 1.59. The van der Waals surface area contributed by atoms with Crippen LogP contribution in [-0.2, 0) is 10.4 Å². The van der Waals surface area contributed by atoms with E-state index in [1.807, 2.05) is 60.7 Å². The molecule has 4 rings (SSSR count). The molecule has 0 bridgehead atoms. The van der Waals surface area contributed by atoms with E-state index >= 15 is 0 Å². The molecule has 0 aliphatic heterocycles. The van der Waals surface area contributed by atoms with Gasteiger partial charge in [0.1, 0.15) is 0 Å². The quantitative estimate of drug-likeness (QED) is 0.535. The van der Waals surface area contributed by atoms with Crippen LogP contribution >= 0.6 is 0 Å². The van der Waals surface area contributed by atoms with Gasteiger partial charge in [-0.15, -0.1) is 0 Å². The van der Waals surface area contributed by atoms with Crippen molar-refractivity contribution in [1.29, 1.82) is 0 Å². The number of amides is 1. The highest BCUT2D eigenvalue weighted by atomic mass is 16.3. The minimum atomic E-state index is -1.76. The molecule has 0 saturated heterocycles. The molecule has 1 amide bonds. The molecule has 0 aromatic heterocycles. The Morgan fingerprint density at radius 1 is 0.929 bits per heavy atom. The fourth-order valence-electron chi connectivity index (χ4n) is 3.67. The maximum absolute atomic E-state index is 13.0. The first-order valence-corrected chi connectivity index (χ1v) is 9.37. The molecular weight excluding hydrogens is 348 g/mol. The largest absolute Gasteiger partial charge is 0.372 e. The molecular formula is C24H22N2O2. The van der Waals surface area contributed by atoms with Crippen molar-refractivity contribution in [2.24, 2.45) is 5.10 Å². The summed E-state index contributed by atoms with van der Waals surface area (Å²) in [6.07, 6.45) is 1.58. The van der Waals surface area contributed by atoms with Crippen molar-refractivity contribution in [3.8, 4) is 11.1 Å². The third-order valence-corrected chi connectivity index (χ3v) is 5.24. The molecule has 140 valence electrons. The lowest BCUT2D eigenvalue weighted by atomic mass is 9.91. The van der Waals surface area contributed by atoms with Crippen molar-refractivity contribution in [1.82, 2.24) is 5.43 Å². The number of benzene rings is 3. The van der Waals surface area contributed by atoms with Crippen molar-refractivity contribution in [3.63, 3.8) is 0 Å². The lowest BCUT2D eigenvalue weighted by Gasteiger charge is -2.23. The summed E-state index contributed by atoms with van der Waals surface area (Å²) >= 11 is 0. The number of nitrogens with one attached hydrogen (secondary N) is 1. The van der Waals surface area contributed by atoms with E-state index in [1.54, 1.807) is 18.3 Å². The summed E-state index contributed by atoms with van der Waals surface area (Å²) in [5.41, 5.74) is 5.76. The topological polar surface area (TPSA) is 61.7 Å². The summed E-state index contributed by atoms with van der Waals surface area (Å²) in [6, 6.07) is 22.8. The number of aliphatic hydroxyl groups is 1. The molecule has 0 atom stereocenters. The van der Waals surface area contributed by atoms with Gasteiger partial charge in [0.25, 0.3) is 5.91 Å². The first-order valence-electron chi connectivity index (χ1n) is 9.37. The van der Waals surface area contributed by atoms with Gasteiger partial charge in [0.2, 0.25) is 0 Å². The number of rotatable bonds is 4. The molecule has 4 heteroatoms. The van der Waals surface area contributed by atoms with E-state index in [2.05, 4.69) is 24.4 Å². The van der Waals surface area contributed by atoms with Crippen LogP contribution in [0.25, 0.3) is 11.1 Å². The van der Waals surface area contributed by atoms with E-state index < -0.39 is 11.5 Å². The van der Waals surface area contributed by atoms with Gasteiger partial charge in [-0.2, -0.15) is 5.10 Å². The van der Waals surface area contributed by atoms with Crippen molar-refractivity contribution >= 4 is 12.1 Å². The molecule has 3 aromatic rings. The zero-order valence-corrected chi connectivity index (χ0v) is 15.9. The van der Waals surface area contributed by atoms with Gasteiger partial charge in [0, 0.05) is 11.1 Å². The van der Waals surface area contributed by atoms with Gasteiger partial charge < -0.3 is 5.11 Å². The van der Waals surface area contributed by atoms with Gasteiger partial charge in [0.05, 0.1) is 6.21 Å². The van der Waals surface area contributed by atoms with Gasteiger partial charge in [-0.25, -0.2) is 5.43 Å². The predicted octanol–water partition coefficient (Wildman–Crippen LogP) is 4.18. The molecule has 0 heterocycles. The molecule has 0 spiro atoms. The van der Waals surface area contributed by atoms with Crippen molar-refractivity contribution in [2.45, 2.75) is 25.4 Å². The molecule has 0 radical (unpaired) electrons. The van der Waals surface area contributed by atoms with Gasteiger partial charge in [0.15, 0.2) is 5.60 Å². The summed E-state index contributed by atoms with van der Waals surface area (Å²) in [6.45, 7) is 4.28. The third kappa shape index (κ3) is 2.92. The van der Waals surface area contributed by atoms with Crippen LogP contribution < -0.4 is 5.43 Å². The molecule has 3 aromatic carbocycles. The zero-order chi connectivity index (χ0) is 19.7. The Morgan fingerprint density at radius 3 is 2.00 bits per heavy atom. The van der Waals surface area contributed by atoms with Crippen LogP contribution in [0.5, 0.6) is 0 Å². The highest BCUT2D eigenvalue weighted by Gasteiger charge is 2.47. The Morgan fingerprint density at radius 2 is 1.46 bits per heavy atom. The van der Waals surface area contributed by atoms with Gasteiger partial charge in [-0.3, -0.25) is 4.79 Å². The van der Waals surface area contributed by atoms with Crippen molar-refractivity contribution in [3.05, 3.63) is 95.1 Å². The molecule has 4 nitrogen and oxygen atoms in total. The van der Waals surface area contributed by atoms with Gasteiger partial charge in [-0.05, 0) is 28.2 Å². The fourth-order valence-corrected chi connectivity index (χ4v) is 3.67. The Hall–Kier alpha value is -3.24. The van der Waals surface area contributed by atoms with Crippen molar-refractivity contribution in [2.75, 3.05) is 0 Å². The van der Waals surface area contributed by atoms with E-state index in [1.165, 1.54) is 5.56 Å². The lowest BCUT2D eigenvalue weighted by molar-refractivity contribution is -0.136. The van der Waals surface area contributed by atoms with Crippen LogP contribution in [0.4, 0.5) is 0 Å². The average Bonchev–Trinajstić information content (AvgIpc) is 2.99. The molecule has 1 aliphatic carbocycles. The second-order valence-corrected chi connectivity index (χ2v) is 7.32. The third-order valence-electron chi connectivity index (χ3n) is 5.24. The zero-order valence-electron chi connectivity index (χ0n) is 15.9. The van der Waals surface area contributed by atoms with E-state index in [-0.39, 0.29) is 0 Å². The highest BCUT2D eigenvalue weighted by molar-refractivity contribution is 5.99. The number of hydrazone groups is 1. The summed E-state index contributed by atoms with van der Waals surface area (Å²) in [5, 5.41) is 15.4. The second kappa shape index (κ2) is 7.06. The highest BCUT2D eigenvalue weighted by Crippen LogP contribution is 2.47. The van der Waals surface area contributed by atoms with E-state index in [9.17, 15) is 9.90 Å². The maximum Gasteiger partial charge on any atom is 0.281 e. The van der Waals surface area contributed by atoms with Crippen molar-refractivity contribution < 1.29 is 9.90 Å². The monoisotopic (exact) mass is 370 g/mol. The van der Waals surface area contributed by atoms with Crippen LogP contribution in [0.15, 0.2) is 77.9 Å². The minimum absolute atomic E-state index is 0.461. The lowest BCUT2D eigenvalue weighted by Crippen LogP contribution is -2.42.